The first-order valence-corrected chi connectivity index (χ1v) is 5.80. The molecule has 0 bridgehead atoms. The maximum Gasteiger partial charge on any atom is 0.335 e. The van der Waals surface area contributed by atoms with Gasteiger partial charge in [0.1, 0.15) is 0 Å². The van der Waals surface area contributed by atoms with E-state index in [1.54, 1.807) is 0 Å². The van der Waals surface area contributed by atoms with Crippen LogP contribution in [0.4, 0.5) is 0 Å². The van der Waals surface area contributed by atoms with Gasteiger partial charge in [-0.15, -0.1) is 0 Å². The first kappa shape index (κ1) is 12.1. The van der Waals surface area contributed by atoms with E-state index in [9.17, 15) is 16.8 Å². The SMILES string of the molecule is C=COS(=O)(=O)C(C)=CS(=O)(=O)O. The van der Waals surface area contributed by atoms with E-state index in [1.807, 2.05) is 0 Å². The number of hydrogen-bond acceptors (Lipinski definition) is 5. The Bertz CT molecular complexity index is 412. The zero-order valence-electron chi connectivity index (χ0n) is 6.67. The molecule has 0 atom stereocenters. The highest BCUT2D eigenvalue weighted by molar-refractivity contribution is 7.93. The maximum absolute atomic E-state index is 10.9. The van der Waals surface area contributed by atoms with E-state index in [4.69, 9.17) is 4.55 Å². The van der Waals surface area contributed by atoms with Crippen molar-refractivity contribution >= 4 is 20.2 Å². The van der Waals surface area contributed by atoms with Gasteiger partial charge < -0.3 is 4.18 Å². The molecule has 0 heterocycles. The van der Waals surface area contributed by atoms with Crippen LogP contribution in [0, 0.1) is 0 Å². The Hall–Kier alpha value is -0.860. The Kier molecular flexibility index (Phi) is 3.64. The van der Waals surface area contributed by atoms with Crippen molar-refractivity contribution in [2.45, 2.75) is 6.92 Å². The third-order valence-corrected chi connectivity index (χ3v) is 3.00. The molecule has 0 aliphatic heterocycles. The predicted octanol–water partition coefficient (Wildman–Crippen LogP) is 0.225. The van der Waals surface area contributed by atoms with Crippen LogP contribution >= 0.6 is 0 Å². The first-order valence-electron chi connectivity index (χ1n) is 2.89. The second kappa shape index (κ2) is 3.90. The topological polar surface area (TPSA) is 97.7 Å². The summed E-state index contributed by atoms with van der Waals surface area (Å²) in [5.41, 5.74) is 0. The Morgan fingerprint density at radius 1 is 1.38 bits per heavy atom. The molecule has 0 saturated carbocycles. The molecule has 0 unspecified atom stereocenters. The Labute approximate surface area is 76.4 Å². The molecule has 0 spiro atoms. The van der Waals surface area contributed by atoms with Crippen LogP contribution in [0.2, 0.25) is 0 Å². The van der Waals surface area contributed by atoms with Crippen molar-refractivity contribution in [1.29, 1.82) is 0 Å². The third-order valence-electron chi connectivity index (χ3n) is 0.904. The highest BCUT2D eigenvalue weighted by Gasteiger charge is 2.15. The molecule has 13 heavy (non-hydrogen) atoms. The summed E-state index contributed by atoms with van der Waals surface area (Å²) >= 11 is 0. The molecule has 0 aliphatic carbocycles. The second-order valence-electron chi connectivity index (χ2n) is 1.96. The molecule has 1 N–H and O–H groups in total. The van der Waals surface area contributed by atoms with Gasteiger partial charge >= 0.3 is 10.1 Å². The fourth-order valence-corrected chi connectivity index (χ4v) is 2.02. The van der Waals surface area contributed by atoms with Crippen LogP contribution in [0.25, 0.3) is 0 Å². The zero-order chi connectivity index (χ0) is 10.7. The van der Waals surface area contributed by atoms with Gasteiger partial charge in [0.2, 0.25) is 0 Å². The van der Waals surface area contributed by atoms with E-state index < -0.39 is 25.1 Å². The van der Waals surface area contributed by atoms with Gasteiger partial charge in [0.05, 0.1) is 16.6 Å². The van der Waals surface area contributed by atoms with Crippen molar-refractivity contribution in [1.82, 2.24) is 0 Å². The summed E-state index contributed by atoms with van der Waals surface area (Å²) in [5, 5.41) is 0.172. The monoisotopic (exact) mass is 228 g/mol. The lowest BCUT2D eigenvalue weighted by molar-refractivity contribution is 0.451. The summed E-state index contributed by atoms with van der Waals surface area (Å²) in [4.78, 5) is -0.630. The quantitative estimate of drug-likeness (QED) is 0.420. The molecule has 0 rings (SSSR count). The smallest absolute Gasteiger partial charge is 0.335 e. The molecule has 0 radical (unpaired) electrons. The molecule has 0 aliphatic rings. The number of rotatable bonds is 4. The van der Waals surface area contributed by atoms with Gasteiger partial charge in [0.15, 0.2) is 0 Å². The molecule has 0 aromatic heterocycles. The van der Waals surface area contributed by atoms with E-state index in [0.717, 1.165) is 6.92 Å². The molecule has 8 heteroatoms. The lowest BCUT2D eigenvalue weighted by atomic mass is 10.8. The fraction of sp³-hybridized carbons (Fsp3) is 0.200. The van der Waals surface area contributed by atoms with E-state index in [2.05, 4.69) is 10.8 Å². The molecule has 0 aromatic rings. The van der Waals surface area contributed by atoms with Crippen molar-refractivity contribution in [3.63, 3.8) is 0 Å². The molecule has 6 nitrogen and oxygen atoms in total. The van der Waals surface area contributed by atoms with E-state index >= 15 is 0 Å². The summed E-state index contributed by atoms with van der Waals surface area (Å²) in [6.07, 6.45) is 0.636. The van der Waals surface area contributed by atoms with Crippen LogP contribution in [0.15, 0.2) is 23.2 Å². The first-order chi connectivity index (χ1) is 5.69. The van der Waals surface area contributed by atoms with E-state index in [1.165, 1.54) is 0 Å². The van der Waals surface area contributed by atoms with Gasteiger partial charge in [0.25, 0.3) is 10.1 Å². The minimum absolute atomic E-state index is 0.172. The van der Waals surface area contributed by atoms with Crippen LogP contribution in [0.5, 0.6) is 0 Å². The van der Waals surface area contributed by atoms with Gasteiger partial charge in [-0.2, -0.15) is 16.8 Å². The minimum Gasteiger partial charge on any atom is -0.388 e. The molecule has 0 saturated heterocycles. The molecule has 76 valence electrons. The van der Waals surface area contributed by atoms with E-state index in [0.29, 0.717) is 6.26 Å². The Balaban J connectivity index is 5.13. The van der Waals surface area contributed by atoms with E-state index in [-0.39, 0.29) is 5.41 Å². The number of allylic oxidation sites excluding steroid dienone is 1. The van der Waals surface area contributed by atoms with Crippen LogP contribution in [0.1, 0.15) is 6.92 Å². The van der Waals surface area contributed by atoms with Crippen LogP contribution in [0.3, 0.4) is 0 Å². The van der Waals surface area contributed by atoms with Gasteiger partial charge in [-0.05, 0) is 6.92 Å². The zero-order valence-corrected chi connectivity index (χ0v) is 8.30. The highest BCUT2D eigenvalue weighted by atomic mass is 32.2. The maximum atomic E-state index is 10.9. The third kappa shape index (κ3) is 4.65. The van der Waals surface area contributed by atoms with Crippen molar-refractivity contribution in [3.8, 4) is 0 Å². The Morgan fingerprint density at radius 3 is 2.15 bits per heavy atom. The standard InChI is InChI=1S/C5H8O6S2/c1-3-11-13(9,10)5(2)4-12(6,7)8/h3-4H,1H2,2H3,(H,6,7,8). The normalized spacial score (nSPS) is 13.8. The highest BCUT2D eigenvalue weighted by Crippen LogP contribution is 2.09. The van der Waals surface area contributed by atoms with Gasteiger partial charge in [-0.3, -0.25) is 4.55 Å². The predicted molar refractivity (Wildman–Crippen MR) is 45.5 cm³/mol. The average Bonchev–Trinajstić information content (AvgIpc) is 1.82. The molecule has 0 aromatic carbocycles. The number of hydrogen-bond donors (Lipinski definition) is 1. The Morgan fingerprint density at radius 2 is 1.85 bits per heavy atom. The molecule has 0 fully saturated rings. The summed E-state index contributed by atoms with van der Waals surface area (Å²) in [5.74, 6) is 0. The fourth-order valence-electron chi connectivity index (χ4n) is 0.434. The lowest BCUT2D eigenvalue weighted by Crippen LogP contribution is -2.05. The average molecular weight is 228 g/mol. The van der Waals surface area contributed by atoms with Crippen LogP contribution in [-0.2, 0) is 24.4 Å². The minimum atomic E-state index is -4.48. The van der Waals surface area contributed by atoms with Crippen molar-refractivity contribution in [3.05, 3.63) is 23.2 Å². The summed E-state index contributed by atoms with van der Waals surface area (Å²) in [6.45, 7) is 3.95. The van der Waals surface area contributed by atoms with Crippen molar-refractivity contribution in [2.75, 3.05) is 0 Å². The van der Waals surface area contributed by atoms with Crippen molar-refractivity contribution in [2.24, 2.45) is 0 Å². The van der Waals surface area contributed by atoms with Gasteiger partial charge in [-0.1, -0.05) is 6.58 Å². The lowest BCUT2D eigenvalue weighted by Gasteiger charge is -2.00. The van der Waals surface area contributed by atoms with Crippen LogP contribution in [-0.4, -0.2) is 21.4 Å². The van der Waals surface area contributed by atoms with Gasteiger partial charge in [-0.25, -0.2) is 0 Å². The van der Waals surface area contributed by atoms with Gasteiger partial charge in [0, 0.05) is 0 Å². The summed E-state index contributed by atoms with van der Waals surface area (Å²) in [6, 6.07) is 0. The summed E-state index contributed by atoms with van der Waals surface area (Å²) < 4.78 is 54.5. The van der Waals surface area contributed by atoms with Crippen LogP contribution < -0.4 is 0 Å². The van der Waals surface area contributed by atoms with Crippen molar-refractivity contribution < 1.29 is 25.6 Å². The molecular weight excluding hydrogens is 220 g/mol. The second-order valence-corrected chi connectivity index (χ2v) is 4.97. The molecule has 0 amide bonds. The summed E-state index contributed by atoms with van der Waals surface area (Å²) in [7, 11) is -8.62. The molecular formula is C5H8O6S2. The largest absolute Gasteiger partial charge is 0.388 e.